The summed E-state index contributed by atoms with van der Waals surface area (Å²) in [5, 5.41) is 4.36. The fourth-order valence-corrected chi connectivity index (χ4v) is 8.16. The van der Waals surface area contributed by atoms with Gasteiger partial charge in [0, 0.05) is 70.4 Å². The summed E-state index contributed by atoms with van der Waals surface area (Å²) in [4.78, 5) is 33.8. The van der Waals surface area contributed by atoms with E-state index < -0.39 is 6.17 Å². The quantitative estimate of drug-likeness (QED) is 0.460. The highest BCUT2D eigenvalue weighted by atomic mass is 35.5. The van der Waals surface area contributed by atoms with Gasteiger partial charge in [-0.1, -0.05) is 11.6 Å². The normalized spacial score (nSPS) is 27.4. The number of nitrogens with one attached hydrogen (secondary N) is 1. The van der Waals surface area contributed by atoms with Crippen molar-refractivity contribution in [3.05, 3.63) is 45.9 Å². The lowest BCUT2D eigenvalue weighted by atomic mass is 9.73. The van der Waals surface area contributed by atoms with Crippen LogP contribution in [-0.2, 0) is 22.6 Å². The van der Waals surface area contributed by atoms with E-state index in [0.29, 0.717) is 43.3 Å². The molecule has 3 fully saturated rings. The first-order valence-electron chi connectivity index (χ1n) is 13.1. The Balaban J connectivity index is 1.29. The van der Waals surface area contributed by atoms with Crippen LogP contribution in [0, 0.1) is 0 Å². The molecule has 3 aliphatic heterocycles. The van der Waals surface area contributed by atoms with Crippen molar-refractivity contribution in [1.29, 1.82) is 0 Å². The van der Waals surface area contributed by atoms with Crippen LogP contribution in [0.15, 0.2) is 30.5 Å². The monoisotopic (exact) mass is 538 g/mol. The van der Waals surface area contributed by atoms with Crippen molar-refractivity contribution in [2.75, 3.05) is 18.0 Å². The molecule has 1 saturated carbocycles. The van der Waals surface area contributed by atoms with Gasteiger partial charge in [-0.05, 0) is 61.9 Å². The molecule has 2 amide bonds. The van der Waals surface area contributed by atoms with Crippen LogP contribution in [0.4, 0.5) is 10.1 Å². The molecule has 7 rings (SSSR count). The smallest absolute Gasteiger partial charge is 0.230 e. The SMILES string of the molecule is O=C1CCC(=O)N1Cc1cc2nccc(-c3cc(Cl)cc4c3N([C@H]3CNC5(CC(F)C5)C3)CCC4)c2s1. The van der Waals surface area contributed by atoms with Crippen LogP contribution < -0.4 is 10.2 Å². The van der Waals surface area contributed by atoms with Crippen LogP contribution in [0.1, 0.15) is 49.0 Å². The van der Waals surface area contributed by atoms with Crippen molar-refractivity contribution >= 4 is 50.7 Å². The van der Waals surface area contributed by atoms with Crippen LogP contribution >= 0.6 is 22.9 Å². The molecule has 6 nitrogen and oxygen atoms in total. The Bertz CT molecular complexity index is 1420. The Hall–Kier alpha value is -2.55. The second-order valence-corrected chi connectivity index (χ2v) is 12.5. The van der Waals surface area contributed by atoms with Gasteiger partial charge in [0.15, 0.2) is 0 Å². The molecule has 5 heterocycles. The fourth-order valence-electron chi connectivity index (χ4n) is 6.79. The minimum atomic E-state index is -0.682. The zero-order chi connectivity index (χ0) is 25.3. The van der Waals surface area contributed by atoms with Gasteiger partial charge in [-0.3, -0.25) is 19.5 Å². The first kappa shape index (κ1) is 23.6. The van der Waals surface area contributed by atoms with Gasteiger partial charge < -0.3 is 10.2 Å². The number of imide groups is 1. The van der Waals surface area contributed by atoms with Crippen molar-refractivity contribution in [2.24, 2.45) is 0 Å². The highest BCUT2D eigenvalue weighted by Crippen LogP contribution is 2.47. The van der Waals surface area contributed by atoms with Crippen LogP contribution in [0.5, 0.6) is 0 Å². The molecule has 1 atom stereocenters. The average Bonchev–Trinajstić information content (AvgIpc) is 3.56. The molecule has 2 saturated heterocycles. The maximum atomic E-state index is 13.8. The van der Waals surface area contributed by atoms with Gasteiger partial charge in [0.1, 0.15) is 6.17 Å². The van der Waals surface area contributed by atoms with Gasteiger partial charge in [-0.25, -0.2) is 4.39 Å². The summed E-state index contributed by atoms with van der Waals surface area (Å²) < 4.78 is 14.8. The molecule has 0 unspecified atom stereocenters. The minimum absolute atomic E-state index is 0.0503. The third-order valence-electron chi connectivity index (χ3n) is 8.51. The van der Waals surface area contributed by atoms with Crippen molar-refractivity contribution in [2.45, 2.75) is 69.2 Å². The van der Waals surface area contributed by atoms with Crippen molar-refractivity contribution < 1.29 is 14.0 Å². The predicted molar refractivity (Wildman–Crippen MR) is 144 cm³/mol. The summed E-state index contributed by atoms with van der Waals surface area (Å²) in [6.07, 6.45) is 5.95. The highest BCUT2D eigenvalue weighted by Gasteiger charge is 2.50. The van der Waals surface area contributed by atoms with E-state index in [1.165, 1.54) is 16.2 Å². The van der Waals surface area contributed by atoms with E-state index in [1.807, 2.05) is 18.3 Å². The highest BCUT2D eigenvalue weighted by molar-refractivity contribution is 7.19. The number of benzene rings is 1. The average molecular weight is 539 g/mol. The third-order valence-corrected chi connectivity index (χ3v) is 9.87. The number of nitrogens with zero attached hydrogens (tertiary/aromatic N) is 3. The summed E-state index contributed by atoms with van der Waals surface area (Å²) in [5.74, 6) is -0.215. The van der Waals surface area contributed by atoms with E-state index in [2.05, 4.69) is 27.3 Å². The van der Waals surface area contributed by atoms with Gasteiger partial charge in [0.25, 0.3) is 0 Å². The van der Waals surface area contributed by atoms with Gasteiger partial charge in [0.05, 0.1) is 16.8 Å². The number of pyridine rings is 1. The Morgan fingerprint density at radius 2 is 1.92 bits per heavy atom. The maximum Gasteiger partial charge on any atom is 0.230 e. The Morgan fingerprint density at radius 3 is 2.70 bits per heavy atom. The molecular weight excluding hydrogens is 511 g/mol. The van der Waals surface area contributed by atoms with Crippen LogP contribution in [-0.4, -0.2) is 52.5 Å². The number of hydrogen-bond acceptors (Lipinski definition) is 6. The molecular formula is C28H28ClFN4O2S. The summed E-state index contributed by atoms with van der Waals surface area (Å²) >= 11 is 8.26. The standard InChI is InChI=1S/C28H28ClFN4O2S/c29-17-8-16-2-1-7-33(19-13-28(32-14-19)11-18(30)12-28)26(16)22(9-17)21-5-6-31-23-10-20(37-27(21)23)15-34-24(35)3-4-25(34)36/h5-6,8-10,18-19,32H,1-4,7,11-15H2/t18?,19-,28?/m1/s1. The fraction of sp³-hybridized carbons (Fsp3) is 0.464. The van der Waals surface area contributed by atoms with Gasteiger partial charge in [-0.15, -0.1) is 11.3 Å². The largest absolute Gasteiger partial charge is 0.366 e. The molecule has 2 aromatic heterocycles. The van der Waals surface area contributed by atoms with Gasteiger partial charge in [0.2, 0.25) is 11.8 Å². The van der Waals surface area contributed by atoms with Crippen LogP contribution in [0.2, 0.25) is 5.02 Å². The Labute approximate surface area is 223 Å². The number of alkyl halides is 1. The maximum absolute atomic E-state index is 13.8. The van der Waals surface area contributed by atoms with Crippen molar-refractivity contribution in [3.8, 4) is 11.1 Å². The van der Waals surface area contributed by atoms with E-state index in [0.717, 1.165) is 58.6 Å². The number of likely N-dealkylation sites (tertiary alicyclic amines) is 1. The van der Waals surface area contributed by atoms with E-state index in [9.17, 15) is 14.0 Å². The topological polar surface area (TPSA) is 65.5 Å². The number of aromatic nitrogens is 1. The number of carbonyl (C=O) groups excluding carboxylic acids is 2. The molecule has 1 aromatic carbocycles. The van der Waals surface area contributed by atoms with Gasteiger partial charge >= 0.3 is 0 Å². The molecule has 3 aromatic rings. The number of fused-ring (bicyclic) bond motifs is 2. The molecule has 1 N–H and O–H groups in total. The van der Waals surface area contributed by atoms with E-state index in [4.69, 9.17) is 11.6 Å². The number of thiophene rings is 1. The number of hydrogen-bond donors (Lipinski definition) is 1. The molecule has 4 aliphatic rings. The van der Waals surface area contributed by atoms with Crippen molar-refractivity contribution in [1.82, 2.24) is 15.2 Å². The number of carbonyl (C=O) groups is 2. The second kappa shape index (κ2) is 8.75. The van der Waals surface area contributed by atoms with E-state index in [1.54, 1.807) is 11.3 Å². The minimum Gasteiger partial charge on any atom is -0.366 e. The molecule has 0 radical (unpaired) electrons. The molecule has 0 bridgehead atoms. The third kappa shape index (κ3) is 3.96. The first-order chi connectivity index (χ1) is 17.9. The molecule has 9 heteroatoms. The lowest BCUT2D eigenvalue weighted by Crippen LogP contribution is -2.52. The summed E-state index contributed by atoms with van der Waals surface area (Å²) in [6.45, 7) is 2.12. The lowest BCUT2D eigenvalue weighted by molar-refractivity contribution is -0.138. The van der Waals surface area contributed by atoms with Crippen molar-refractivity contribution in [3.63, 3.8) is 0 Å². The first-order valence-corrected chi connectivity index (χ1v) is 14.3. The zero-order valence-corrected chi connectivity index (χ0v) is 22.0. The summed E-state index contributed by atoms with van der Waals surface area (Å²) in [5.41, 5.74) is 5.45. The summed E-state index contributed by atoms with van der Waals surface area (Å²) in [6, 6.07) is 8.50. The molecule has 1 spiro atoms. The van der Waals surface area contributed by atoms with Gasteiger partial charge in [-0.2, -0.15) is 0 Å². The Morgan fingerprint density at radius 1 is 1.11 bits per heavy atom. The number of aryl methyl sites for hydroxylation is 1. The number of anilines is 1. The number of halogens is 2. The van der Waals surface area contributed by atoms with E-state index >= 15 is 0 Å². The predicted octanol–water partition coefficient (Wildman–Crippen LogP) is 5.25. The molecule has 1 aliphatic carbocycles. The Kier molecular flexibility index (Phi) is 5.57. The second-order valence-electron chi connectivity index (χ2n) is 10.9. The zero-order valence-electron chi connectivity index (χ0n) is 20.4. The van der Waals surface area contributed by atoms with Crippen LogP contribution in [0.25, 0.3) is 21.3 Å². The van der Waals surface area contributed by atoms with E-state index in [-0.39, 0.29) is 17.4 Å². The lowest BCUT2D eigenvalue weighted by Gasteiger charge is -2.43. The molecule has 192 valence electrons. The molecule has 37 heavy (non-hydrogen) atoms. The number of amides is 2. The summed E-state index contributed by atoms with van der Waals surface area (Å²) in [7, 11) is 0. The van der Waals surface area contributed by atoms with Crippen LogP contribution in [0.3, 0.4) is 0 Å². The number of rotatable bonds is 4.